The summed E-state index contributed by atoms with van der Waals surface area (Å²) < 4.78 is 10.8. The monoisotopic (exact) mass is 906 g/mol. The van der Waals surface area contributed by atoms with Gasteiger partial charge in [0.25, 0.3) is 0 Å². The zero-order chi connectivity index (χ0) is 49.7. The first-order valence-electron chi connectivity index (χ1n) is 21.8. The summed E-state index contributed by atoms with van der Waals surface area (Å²) in [5.74, 6) is -4.80. The number of ether oxygens (including phenoxy) is 2. The van der Waals surface area contributed by atoms with Crippen molar-refractivity contribution in [2.45, 2.75) is 175 Å². The molecule has 2 aromatic rings. The molecule has 4 atom stereocenters. The van der Waals surface area contributed by atoms with Gasteiger partial charge < -0.3 is 36.1 Å². The average molecular weight is 906 g/mol. The lowest BCUT2D eigenvalue weighted by Crippen LogP contribution is -2.69. The third-order valence-electron chi connectivity index (χ3n) is 10.8. The number of ketones is 2. The number of esters is 1. The van der Waals surface area contributed by atoms with Crippen LogP contribution in [0.15, 0.2) is 54.6 Å². The highest BCUT2D eigenvalue weighted by Gasteiger charge is 2.61. The SMILES string of the molecule is C[C@H](NC(=O)C1(C(=O)[C@H](C)NC(=O)C(C)(C)NC(=O)[C@H](Cc2ccc(C(=O)c3ccccc3)cc2)NC(=O)OC(C)(C)C)CC(C)(C)N([O])C(C)(C)C1)C(=O)N[C@@H](C)C(=O)OC(C)(C)C. The maximum absolute atomic E-state index is 14.7. The van der Waals surface area contributed by atoms with Crippen LogP contribution in [0.2, 0.25) is 0 Å². The van der Waals surface area contributed by atoms with Gasteiger partial charge in [0.05, 0.1) is 6.04 Å². The minimum Gasteiger partial charge on any atom is -0.458 e. The molecule has 17 heteroatoms. The smallest absolute Gasteiger partial charge is 0.408 e. The third kappa shape index (κ3) is 14.4. The molecule has 17 nitrogen and oxygen atoms in total. The molecule has 357 valence electrons. The third-order valence-corrected chi connectivity index (χ3v) is 10.8. The van der Waals surface area contributed by atoms with Crippen molar-refractivity contribution >= 4 is 47.3 Å². The molecular weight excluding hydrogens is 837 g/mol. The second kappa shape index (κ2) is 20.2. The Morgan fingerprint density at radius 1 is 0.631 bits per heavy atom. The molecule has 1 saturated heterocycles. The molecule has 5 N–H and O–H groups in total. The molecule has 5 amide bonds. The van der Waals surface area contributed by atoms with Crippen molar-refractivity contribution in [2.75, 3.05) is 0 Å². The van der Waals surface area contributed by atoms with Crippen molar-refractivity contribution in [3.63, 3.8) is 0 Å². The number of nitrogens with one attached hydrogen (secondary N) is 5. The van der Waals surface area contributed by atoms with Crippen molar-refractivity contribution in [2.24, 2.45) is 5.41 Å². The lowest BCUT2D eigenvalue weighted by Gasteiger charge is -2.54. The molecule has 2 aromatic carbocycles. The Kier molecular flexibility index (Phi) is 16.7. The predicted octanol–water partition coefficient (Wildman–Crippen LogP) is 4.66. The van der Waals surface area contributed by atoms with Crippen LogP contribution in [0.1, 0.15) is 138 Å². The van der Waals surface area contributed by atoms with Crippen LogP contribution < -0.4 is 26.6 Å². The second-order valence-electron chi connectivity index (χ2n) is 20.8. The Labute approximate surface area is 382 Å². The molecule has 0 aromatic heterocycles. The summed E-state index contributed by atoms with van der Waals surface area (Å²) in [6, 6.07) is 10.3. The Hall–Kier alpha value is -5.68. The fourth-order valence-corrected chi connectivity index (χ4v) is 7.89. The van der Waals surface area contributed by atoms with Crippen molar-refractivity contribution in [1.82, 2.24) is 31.6 Å². The highest BCUT2D eigenvalue weighted by atomic mass is 16.6. The Bertz CT molecular complexity index is 2080. The molecule has 65 heavy (non-hydrogen) atoms. The van der Waals surface area contributed by atoms with E-state index in [1.54, 1.807) is 124 Å². The van der Waals surface area contributed by atoms with E-state index in [1.165, 1.54) is 34.6 Å². The summed E-state index contributed by atoms with van der Waals surface area (Å²) in [6.45, 7) is 23.4. The summed E-state index contributed by atoms with van der Waals surface area (Å²) in [4.78, 5) is 109. The van der Waals surface area contributed by atoms with Gasteiger partial charge in [0, 0.05) is 28.6 Å². The summed E-state index contributed by atoms with van der Waals surface area (Å²) in [7, 11) is 0. The molecule has 1 heterocycles. The minimum atomic E-state index is -1.94. The van der Waals surface area contributed by atoms with E-state index in [1.807, 2.05) is 0 Å². The van der Waals surface area contributed by atoms with E-state index in [2.05, 4.69) is 26.6 Å². The molecular formula is C48H69N6O11. The molecule has 0 bridgehead atoms. The van der Waals surface area contributed by atoms with Gasteiger partial charge in [-0.15, -0.1) is 10.3 Å². The Morgan fingerprint density at radius 2 is 1.14 bits per heavy atom. The Balaban J connectivity index is 1.86. The van der Waals surface area contributed by atoms with Crippen molar-refractivity contribution in [3.05, 3.63) is 71.3 Å². The maximum Gasteiger partial charge on any atom is 0.408 e. The summed E-state index contributed by atoms with van der Waals surface area (Å²) in [5, 5.41) is 27.4. The molecule has 0 saturated carbocycles. The number of hydrogen-bond acceptors (Lipinski definition) is 11. The fourth-order valence-electron chi connectivity index (χ4n) is 7.89. The zero-order valence-corrected chi connectivity index (χ0v) is 40.6. The van der Waals surface area contributed by atoms with Crippen LogP contribution in [0.4, 0.5) is 4.79 Å². The minimum absolute atomic E-state index is 0.0617. The van der Waals surface area contributed by atoms with Gasteiger partial charge in [-0.05, 0) is 122 Å². The van der Waals surface area contributed by atoms with Crippen molar-refractivity contribution in [3.8, 4) is 0 Å². The molecule has 0 unspecified atom stereocenters. The molecule has 3 rings (SSSR count). The molecule has 0 aliphatic carbocycles. The Morgan fingerprint density at radius 3 is 1.65 bits per heavy atom. The normalized spacial score (nSPS) is 17.7. The van der Waals surface area contributed by atoms with Crippen LogP contribution in [0.25, 0.3) is 0 Å². The lowest BCUT2D eigenvalue weighted by molar-refractivity contribution is -0.299. The van der Waals surface area contributed by atoms with Gasteiger partial charge in [-0.3, -0.25) is 28.8 Å². The molecule has 1 aliphatic rings. The first-order chi connectivity index (χ1) is 29.6. The van der Waals surface area contributed by atoms with Gasteiger partial charge in [-0.1, -0.05) is 54.6 Å². The average Bonchev–Trinajstić information content (AvgIpc) is 3.17. The number of piperidine rings is 1. The van der Waals surface area contributed by atoms with Crippen molar-refractivity contribution in [1.29, 1.82) is 0 Å². The molecule has 0 spiro atoms. The summed E-state index contributed by atoms with van der Waals surface area (Å²) >= 11 is 0. The number of hydrogen-bond donors (Lipinski definition) is 5. The van der Waals surface area contributed by atoms with E-state index < -0.39 is 98.9 Å². The highest BCUT2D eigenvalue weighted by molar-refractivity contribution is 6.11. The van der Waals surface area contributed by atoms with Gasteiger partial charge in [-0.2, -0.15) is 0 Å². The number of alkyl carbamates (subject to hydrolysis) is 1. The quantitative estimate of drug-likeness (QED) is 0.0883. The van der Waals surface area contributed by atoms with E-state index in [9.17, 15) is 43.6 Å². The van der Waals surface area contributed by atoms with E-state index in [-0.39, 0.29) is 25.0 Å². The van der Waals surface area contributed by atoms with Crippen LogP contribution in [0, 0.1) is 5.41 Å². The standard InChI is InChI=1S/C48H69N6O11/c1-28(36(56)48(26-45(10,11)54(63)46(12,13)27-48)41(61)51-29(2)37(57)49-30(3)39(59)64-43(4,5)6)50-40(60)47(14,15)53-38(58)34(52-42(62)65-44(7,8)9)25-31-21-23-33(24-22-31)35(55)32-19-17-16-18-20-32/h16-24,28-30,34H,25-27H2,1-15H3,(H,49,57)(H,50,60)(H,51,61)(H,52,62)(H,53,58)/t28-,29-,30-,34-/m0/s1. The van der Waals surface area contributed by atoms with E-state index in [4.69, 9.17) is 9.47 Å². The summed E-state index contributed by atoms with van der Waals surface area (Å²) in [6.07, 6.45) is -1.51. The van der Waals surface area contributed by atoms with Gasteiger partial charge in [0.15, 0.2) is 11.6 Å². The number of benzene rings is 2. The number of hydroxylamine groups is 2. The van der Waals surface area contributed by atoms with Crippen LogP contribution >= 0.6 is 0 Å². The number of carbonyl (C=O) groups is 8. The van der Waals surface area contributed by atoms with Crippen LogP contribution in [0.3, 0.4) is 0 Å². The first-order valence-corrected chi connectivity index (χ1v) is 21.8. The van der Waals surface area contributed by atoms with Gasteiger partial charge >= 0.3 is 12.1 Å². The van der Waals surface area contributed by atoms with Gasteiger partial charge in [0.1, 0.15) is 40.3 Å². The summed E-state index contributed by atoms with van der Waals surface area (Å²) in [5.41, 5.74) is -6.41. The lowest BCUT2D eigenvalue weighted by atomic mass is 9.61. The maximum atomic E-state index is 14.7. The number of amides is 5. The zero-order valence-electron chi connectivity index (χ0n) is 40.6. The topological polar surface area (TPSA) is 238 Å². The van der Waals surface area contributed by atoms with Crippen LogP contribution in [-0.2, 0) is 49.9 Å². The second-order valence-corrected chi connectivity index (χ2v) is 20.8. The number of nitrogens with zero attached hydrogens (tertiary/aromatic N) is 1. The van der Waals surface area contributed by atoms with Crippen LogP contribution in [-0.4, -0.2) is 104 Å². The van der Waals surface area contributed by atoms with Gasteiger partial charge in [0.2, 0.25) is 23.6 Å². The number of rotatable bonds is 16. The van der Waals surface area contributed by atoms with Crippen molar-refractivity contribution < 1.29 is 53.0 Å². The fraction of sp³-hybridized carbons (Fsp3) is 0.583. The largest absolute Gasteiger partial charge is 0.458 e. The van der Waals surface area contributed by atoms with E-state index >= 15 is 0 Å². The molecule has 1 fully saturated rings. The first kappa shape index (κ1) is 53.7. The van der Waals surface area contributed by atoms with Crippen LogP contribution in [0.5, 0.6) is 0 Å². The molecule has 1 aliphatic heterocycles. The van der Waals surface area contributed by atoms with Gasteiger partial charge in [-0.25, -0.2) is 9.59 Å². The predicted molar refractivity (Wildman–Crippen MR) is 241 cm³/mol. The highest BCUT2D eigenvalue weighted by Crippen LogP contribution is 2.49. The number of Topliss-reactive ketones (excluding diaryl/α,β-unsaturated/α-hetero) is 1. The van der Waals surface area contributed by atoms with E-state index in [0.717, 1.165) is 5.06 Å². The number of carbonyl (C=O) groups excluding carboxylic acids is 8. The van der Waals surface area contributed by atoms with E-state index in [0.29, 0.717) is 16.7 Å². The molecule has 1 radical (unpaired) electrons.